The van der Waals surface area contributed by atoms with E-state index in [0.29, 0.717) is 21.5 Å². The van der Waals surface area contributed by atoms with E-state index in [0.717, 1.165) is 0 Å². The van der Waals surface area contributed by atoms with E-state index in [1.807, 2.05) is 0 Å². The smallest absolute Gasteiger partial charge is 0.181 e. The van der Waals surface area contributed by atoms with Gasteiger partial charge in [-0.1, -0.05) is 0 Å². The van der Waals surface area contributed by atoms with Gasteiger partial charge in [-0.2, -0.15) is 0 Å². The summed E-state index contributed by atoms with van der Waals surface area (Å²) in [5.74, 6) is 1.17. The van der Waals surface area contributed by atoms with Gasteiger partial charge in [0.1, 0.15) is 16.0 Å². The lowest BCUT2D eigenvalue weighted by atomic mass is 10.2. The second-order valence-electron chi connectivity index (χ2n) is 2.83. The average molecular weight is 277 g/mol. The fraction of sp³-hybridized carbons (Fsp3) is 0.400. The third-order valence-electron chi connectivity index (χ3n) is 1.98. The third-order valence-corrected chi connectivity index (χ3v) is 2.76. The summed E-state index contributed by atoms with van der Waals surface area (Å²) < 4.78 is 15.8. The summed E-state index contributed by atoms with van der Waals surface area (Å²) >= 11 is 3.33. The van der Waals surface area contributed by atoms with Crippen LogP contribution in [0.15, 0.2) is 16.6 Å². The van der Waals surface area contributed by atoms with Crippen LogP contribution in [0.2, 0.25) is 0 Å². The number of hydrogen-bond donors (Lipinski definition) is 1. The minimum Gasteiger partial charge on any atom is -0.495 e. The number of aliphatic hydroxyl groups excluding tert-OH is 1. The lowest BCUT2D eigenvalue weighted by Gasteiger charge is -2.14. The maximum absolute atomic E-state index is 9.51. The molecule has 1 N–H and O–H groups in total. The Morgan fingerprint density at radius 2 is 1.60 bits per heavy atom. The first-order valence-electron chi connectivity index (χ1n) is 4.26. The van der Waals surface area contributed by atoms with Crippen molar-refractivity contribution in [1.82, 2.24) is 0 Å². The number of rotatable bonds is 4. The van der Waals surface area contributed by atoms with Crippen molar-refractivity contribution >= 4 is 15.9 Å². The quantitative estimate of drug-likeness (QED) is 0.856. The van der Waals surface area contributed by atoms with Gasteiger partial charge in [0.25, 0.3) is 0 Å². The molecular weight excluding hydrogens is 264 g/mol. The van der Waals surface area contributed by atoms with E-state index in [1.54, 1.807) is 26.4 Å². The van der Waals surface area contributed by atoms with Crippen LogP contribution in [-0.4, -0.2) is 26.4 Å². The highest BCUT2D eigenvalue weighted by Crippen LogP contribution is 2.37. The highest BCUT2D eigenvalue weighted by Gasteiger charge is 2.14. The van der Waals surface area contributed by atoms with Gasteiger partial charge in [-0.15, -0.1) is 0 Å². The van der Waals surface area contributed by atoms with Crippen molar-refractivity contribution in [3.8, 4) is 11.5 Å². The topological polar surface area (TPSA) is 47.9 Å². The molecule has 4 nitrogen and oxygen atoms in total. The van der Waals surface area contributed by atoms with Crippen LogP contribution in [0, 0.1) is 0 Å². The van der Waals surface area contributed by atoms with Gasteiger partial charge >= 0.3 is 0 Å². The summed E-state index contributed by atoms with van der Waals surface area (Å²) in [6, 6.07) is 3.36. The Morgan fingerprint density at radius 1 is 1.13 bits per heavy atom. The van der Waals surface area contributed by atoms with Crippen LogP contribution < -0.4 is 9.47 Å². The molecule has 84 valence electrons. The molecule has 0 aliphatic heterocycles. The molecule has 0 fully saturated rings. The lowest BCUT2D eigenvalue weighted by molar-refractivity contribution is -0.0771. The average Bonchev–Trinajstić information content (AvgIpc) is 2.28. The summed E-state index contributed by atoms with van der Waals surface area (Å²) in [4.78, 5) is 0. The summed E-state index contributed by atoms with van der Waals surface area (Å²) in [6.45, 7) is 0. The van der Waals surface area contributed by atoms with E-state index in [-0.39, 0.29) is 0 Å². The lowest BCUT2D eigenvalue weighted by Crippen LogP contribution is -2.01. The normalized spacial score (nSPS) is 12.3. The Bertz CT molecular complexity index is 315. The van der Waals surface area contributed by atoms with E-state index in [2.05, 4.69) is 15.9 Å². The second-order valence-corrected chi connectivity index (χ2v) is 3.62. The third kappa shape index (κ3) is 2.62. The minimum absolute atomic E-state index is 0.578. The van der Waals surface area contributed by atoms with Gasteiger partial charge in [0.15, 0.2) is 6.29 Å². The van der Waals surface area contributed by atoms with Crippen molar-refractivity contribution in [1.29, 1.82) is 0 Å². The van der Waals surface area contributed by atoms with Gasteiger partial charge in [-0.3, -0.25) is 0 Å². The molecule has 0 radical (unpaired) electrons. The number of aliphatic hydroxyl groups is 1. The second kappa shape index (κ2) is 5.34. The predicted molar refractivity (Wildman–Crippen MR) is 59.2 cm³/mol. The minimum atomic E-state index is -0.985. The molecule has 0 aliphatic carbocycles. The zero-order valence-corrected chi connectivity index (χ0v) is 10.4. The van der Waals surface area contributed by atoms with Gasteiger partial charge in [-0.05, 0) is 28.1 Å². The molecule has 1 aromatic carbocycles. The molecular formula is C10H13BrO4. The maximum Gasteiger partial charge on any atom is 0.181 e. The maximum atomic E-state index is 9.51. The van der Waals surface area contributed by atoms with Gasteiger partial charge in [0.2, 0.25) is 0 Å². The molecule has 1 unspecified atom stereocenters. The van der Waals surface area contributed by atoms with E-state index in [9.17, 15) is 5.11 Å². The van der Waals surface area contributed by atoms with Gasteiger partial charge in [0.05, 0.1) is 14.2 Å². The Labute approximate surface area is 96.9 Å². The largest absolute Gasteiger partial charge is 0.495 e. The fourth-order valence-corrected chi connectivity index (χ4v) is 1.72. The Morgan fingerprint density at radius 3 is 1.93 bits per heavy atom. The van der Waals surface area contributed by atoms with Crippen LogP contribution in [0.3, 0.4) is 0 Å². The molecule has 5 heteroatoms. The van der Waals surface area contributed by atoms with Crippen LogP contribution >= 0.6 is 15.9 Å². The molecule has 1 rings (SSSR count). The Kier molecular flexibility index (Phi) is 4.38. The molecule has 0 saturated heterocycles. The first kappa shape index (κ1) is 12.3. The molecule has 0 heterocycles. The van der Waals surface area contributed by atoms with Crippen LogP contribution in [0.5, 0.6) is 11.5 Å². The number of methoxy groups -OCH3 is 3. The van der Waals surface area contributed by atoms with Crippen molar-refractivity contribution in [2.75, 3.05) is 21.3 Å². The highest BCUT2D eigenvalue weighted by molar-refractivity contribution is 9.10. The SMILES string of the molecule is COc1cc(C(O)OC)cc(OC)c1Br. The van der Waals surface area contributed by atoms with Crippen LogP contribution in [0.25, 0.3) is 0 Å². The van der Waals surface area contributed by atoms with Crippen LogP contribution in [0.1, 0.15) is 11.9 Å². The molecule has 0 saturated carbocycles. The first-order valence-corrected chi connectivity index (χ1v) is 5.05. The summed E-state index contributed by atoms with van der Waals surface area (Å²) in [5.41, 5.74) is 0.578. The predicted octanol–water partition coefficient (Wildman–Crippen LogP) is 2.10. The standard InChI is InChI=1S/C10H13BrO4/c1-13-7-4-6(10(12)15-3)5-8(14-2)9(7)11/h4-5,10,12H,1-3H3. The zero-order valence-electron chi connectivity index (χ0n) is 8.78. The Balaban J connectivity index is 3.20. The summed E-state index contributed by atoms with van der Waals surface area (Å²) in [7, 11) is 4.51. The van der Waals surface area contributed by atoms with E-state index in [1.165, 1.54) is 7.11 Å². The van der Waals surface area contributed by atoms with Gasteiger partial charge in [0, 0.05) is 12.7 Å². The molecule has 0 aliphatic rings. The number of ether oxygens (including phenoxy) is 3. The summed E-state index contributed by atoms with van der Waals surface area (Å²) in [5, 5.41) is 9.51. The highest BCUT2D eigenvalue weighted by atomic mass is 79.9. The van der Waals surface area contributed by atoms with Crippen molar-refractivity contribution in [3.05, 3.63) is 22.2 Å². The molecule has 15 heavy (non-hydrogen) atoms. The van der Waals surface area contributed by atoms with Gasteiger partial charge in [-0.25, -0.2) is 0 Å². The number of halogens is 1. The van der Waals surface area contributed by atoms with Crippen molar-refractivity contribution in [3.63, 3.8) is 0 Å². The number of hydrogen-bond acceptors (Lipinski definition) is 4. The van der Waals surface area contributed by atoms with Crippen LogP contribution in [0.4, 0.5) is 0 Å². The van der Waals surface area contributed by atoms with Crippen molar-refractivity contribution < 1.29 is 19.3 Å². The molecule has 0 bridgehead atoms. The van der Waals surface area contributed by atoms with Gasteiger partial charge < -0.3 is 19.3 Å². The van der Waals surface area contributed by atoms with E-state index in [4.69, 9.17) is 14.2 Å². The number of benzene rings is 1. The molecule has 0 amide bonds. The van der Waals surface area contributed by atoms with Crippen molar-refractivity contribution in [2.45, 2.75) is 6.29 Å². The molecule has 1 aromatic rings. The zero-order chi connectivity index (χ0) is 11.4. The Hall–Kier alpha value is -0.780. The van der Waals surface area contributed by atoms with Crippen LogP contribution in [-0.2, 0) is 4.74 Å². The van der Waals surface area contributed by atoms with Crippen molar-refractivity contribution in [2.24, 2.45) is 0 Å². The fourth-order valence-electron chi connectivity index (χ4n) is 1.17. The summed E-state index contributed by atoms with van der Waals surface area (Å²) in [6.07, 6.45) is -0.985. The van der Waals surface area contributed by atoms with E-state index >= 15 is 0 Å². The molecule has 0 aromatic heterocycles. The molecule has 1 atom stereocenters. The molecule has 0 spiro atoms. The van der Waals surface area contributed by atoms with E-state index < -0.39 is 6.29 Å². The first-order chi connectivity index (χ1) is 7.13. The monoisotopic (exact) mass is 276 g/mol.